The van der Waals surface area contributed by atoms with Crippen LogP contribution in [0.2, 0.25) is 0 Å². The molecule has 1 fully saturated rings. The van der Waals surface area contributed by atoms with Gasteiger partial charge < -0.3 is 9.80 Å². The predicted octanol–water partition coefficient (Wildman–Crippen LogP) is 3.54. The van der Waals surface area contributed by atoms with Crippen LogP contribution >= 0.6 is 0 Å². The van der Waals surface area contributed by atoms with E-state index in [0.29, 0.717) is 6.17 Å². The lowest BCUT2D eigenvalue weighted by Gasteiger charge is -2.43. The Bertz CT molecular complexity index is 293. The van der Waals surface area contributed by atoms with Gasteiger partial charge in [-0.2, -0.15) is 0 Å². The standard InChI is InChI=1S/C17H33N3/c1-3-5-13-19(14-6-4-2)17-11-8-7-10-16-18-12-9-15-20(16)17/h11,16,18H,3-10,12-15H2,1-2H3. The molecular weight excluding hydrogens is 246 g/mol. The normalized spacial score (nSPS) is 23.0. The van der Waals surface area contributed by atoms with E-state index < -0.39 is 0 Å². The van der Waals surface area contributed by atoms with E-state index in [1.54, 1.807) is 0 Å². The summed E-state index contributed by atoms with van der Waals surface area (Å²) in [6, 6.07) is 0. The highest BCUT2D eigenvalue weighted by Crippen LogP contribution is 2.25. The van der Waals surface area contributed by atoms with Crippen LogP contribution in [0.5, 0.6) is 0 Å². The summed E-state index contributed by atoms with van der Waals surface area (Å²) >= 11 is 0. The second-order valence-electron chi connectivity index (χ2n) is 6.20. The Hall–Kier alpha value is -0.700. The molecule has 0 radical (unpaired) electrons. The molecule has 0 aromatic carbocycles. The third-order valence-electron chi connectivity index (χ3n) is 4.52. The molecule has 2 rings (SSSR count). The number of unbranched alkanes of at least 4 members (excludes halogenated alkanes) is 2. The van der Waals surface area contributed by atoms with Gasteiger partial charge in [-0.05, 0) is 51.1 Å². The van der Waals surface area contributed by atoms with E-state index in [0.717, 1.165) is 0 Å². The minimum atomic E-state index is 0.586. The largest absolute Gasteiger partial charge is 0.359 e. The Morgan fingerprint density at radius 3 is 2.65 bits per heavy atom. The van der Waals surface area contributed by atoms with Crippen LogP contribution in [0.4, 0.5) is 0 Å². The van der Waals surface area contributed by atoms with Crippen LogP contribution in [0.25, 0.3) is 0 Å². The van der Waals surface area contributed by atoms with Crippen molar-refractivity contribution in [3.05, 3.63) is 11.9 Å². The molecule has 20 heavy (non-hydrogen) atoms. The second kappa shape index (κ2) is 8.56. The van der Waals surface area contributed by atoms with Gasteiger partial charge in [0.2, 0.25) is 0 Å². The van der Waals surface area contributed by atoms with Crippen molar-refractivity contribution in [2.75, 3.05) is 26.2 Å². The quantitative estimate of drug-likeness (QED) is 0.769. The van der Waals surface area contributed by atoms with Crippen LogP contribution in [-0.4, -0.2) is 42.1 Å². The molecule has 2 heterocycles. The Labute approximate surface area is 125 Å². The molecule has 0 bridgehead atoms. The van der Waals surface area contributed by atoms with Crippen molar-refractivity contribution >= 4 is 0 Å². The number of hydrogen-bond acceptors (Lipinski definition) is 3. The lowest BCUT2D eigenvalue weighted by Crippen LogP contribution is -2.53. The van der Waals surface area contributed by atoms with Gasteiger partial charge in [0.15, 0.2) is 0 Å². The van der Waals surface area contributed by atoms with Crippen molar-refractivity contribution in [1.29, 1.82) is 0 Å². The highest BCUT2D eigenvalue weighted by Gasteiger charge is 2.27. The van der Waals surface area contributed by atoms with Gasteiger partial charge in [-0.3, -0.25) is 5.32 Å². The first-order chi connectivity index (χ1) is 9.86. The van der Waals surface area contributed by atoms with Crippen molar-refractivity contribution in [2.45, 2.75) is 71.4 Å². The molecule has 116 valence electrons. The predicted molar refractivity (Wildman–Crippen MR) is 86.4 cm³/mol. The molecule has 2 aliphatic rings. The Morgan fingerprint density at radius 2 is 1.95 bits per heavy atom. The highest BCUT2D eigenvalue weighted by molar-refractivity contribution is 5.06. The maximum atomic E-state index is 3.72. The third kappa shape index (κ3) is 4.15. The van der Waals surface area contributed by atoms with E-state index in [2.05, 4.69) is 35.0 Å². The van der Waals surface area contributed by atoms with Crippen molar-refractivity contribution in [1.82, 2.24) is 15.1 Å². The molecule has 3 heteroatoms. The fourth-order valence-corrected chi connectivity index (χ4v) is 3.33. The first kappa shape index (κ1) is 15.7. The highest BCUT2D eigenvalue weighted by atomic mass is 15.4. The number of fused-ring (bicyclic) bond motifs is 1. The van der Waals surface area contributed by atoms with Crippen LogP contribution < -0.4 is 5.32 Å². The summed E-state index contributed by atoms with van der Waals surface area (Å²) in [5.74, 6) is 1.53. The topological polar surface area (TPSA) is 18.5 Å². The minimum absolute atomic E-state index is 0.586. The fraction of sp³-hybridized carbons (Fsp3) is 0.882. The zero-order valence-electron chi connectivity index (χ0n) is 13.5. The first-order valence-electron chi connectivity index (χ1n) is 8.82. The molecule has 1 atom stereocenters. The smallest absolute Gasteiger partial charge is 0.101 e. The van der Waals surface area contributed by atoms with Gasteiger partial charge in [0, 0.05) is 19.6 Å². The molecular formula is C17H33N3. The molecule has 2 aliphatic heterocycles. The van der Waals surface area contributed by atoms with Crippen LogP contribution in [0.3, 0.4) is 0 Å². The number of allylic oxidation sites excluding steroid dienone is 1. The number of hydrogen-bond donors (Lipinski definition) is 1. The Balaban J connectivity index is 2.07. The van der Waals surface area contributed by atoms with Gasteiger partial charge in [0.25, 0.3) is 0 Å². The lowest BCUT2D eigenvalue weighted by molar-refractivity contribution is 0.113. The van der Waals surface area contributed by atoms with Crippen molar-refractivity contribution < 1.29 is 0 Å². The molecule has 0 spiro atoms. The number of nitrogens with one attached hydrogen (secondary N) is 1. The zero-order valence-corrected chi connectivity index (χ0v) is 13.5. The van der Waals surface area contributed by atoms with Gasteiger partial charge >= 0.3 is 0 Å². The van der Waals surface area contributed by atoms with E-state index in [1.165, 1.54) is 83.4 Å². The SMILES string of the molecule is CCCCN(CCCC)C1=CCCCC2NCCCN12. The van der Waals surface area contributed by atoms with Gasteiger partial charge in [-0.25, -0.2) is 0 Å². The fourth-order valence-electron chi connectivity index (χ4n) is 3.33. The van der Waals surface area contributed by atoms with Crippen molar-refractivity contribution in [2.24, 2.45) is 0 Å². The summed E-state index contributed by atoms with van der Waals surface area (Å²) in [7, 11) is 0. The third-order valence-corrected chi connectivity index (χ3v) is 4.52. The molecule has 1 unspecified atom stereocenters. The number of rotatable bonds is 7. The van der Waals surface area contributed by atoms with Crippen LogP contribution in [0.15, 0.2) is 11.9 Å². The summed E-state index contributed by atoms with van der Waals surface area (Å²) in [5, 5.41) is 3.72. The van der Waals surface area contributed by atoms with E-state index in [1.807, 2.05) is 0 Å². The average Bonchev–Trinajstić information content (AvgIpc) is 2.70. The molecule has 1 N–H and O–H groups in total. The molecule has 0 aliphatic carbocycles. The van der Waals surface area contributed by atoms with Crippen molar-refractivity contribution in [3.63, 3.8) is 0 Å². The number of nitrogens with zero attached hydrogens (tertiary/aromatic N) is 2. The molecule has 0 amide bonds. The van der Waals surface area contributed by atoms with Gasteiger partial charge in [-0.1, -0.05) is 26.7 Å². The second-order valence-corrected chi connectivity index (χ2v) is 6.20. The van der Waals surface area contributed by atoms with E-state index in [-0.39, 0.29) is 0 Å². The van der Waals surface area contributed by atoms with Gasteiger partial charge in [0.05, 0.1) is 6.17 Å². The molecule has 1 saturated heterocycles. The summed E-state index contributed by atoms with van der Waals surface area (Å²) in [5.41, 5.74) is 0. The van der Waals surface area contributed by atoms with Gasteiger partial charge in [-0.15, -0.1) is 0 Å². The first-order valence-corrected chi connectivity index (χ1v) is 8.82. The zero-order chi connectivity index (χ0) is 14.2. The molecule has 0 saturated carbocycles. The van der Waals surface area contributed by atoms with Crippen LogP contribution in [0.1, 0.15) is 65.2 Å². The minimum Gasteiger partial charge on any atom is -0.359 e. The summed E-state index contributed by atoms with van der Waals surface area (Å²) < 4.78 is 0. The molecule has 0 aromatic rings. The Kier molecular flexibility index (Phi) is 6.71. The Morgan fingerprint density at radius 1 is 1.20 bits per heavy atom. The summed E-state index contributed by atoms with van der Waals surface area (Å²) in [6.07, 6.45) is 13.5. The van der Waals surface area contributed by atoms with Crippen molar-refractivity contribution in [3.8, 4) is 0 Å². The molecule has 0 aromatic heterocycles. The average molecular weight is 279 g/mol. The van der Waals surface area contributed by atoms with Crippen LogP contribution in [-0.2, 0) is 0 Å². The van der Waals surface area contributed by atoms with E-state index in [4.69, 9.17) is 0 Å². The monoisotopic (exact) mass is 279 g/mol. The van der Waals surface area contributed by atoms with Crippen LogP contribution in [0, 0.1) is 0 Å². The van der Waals surface area contributed by atoms with Gasteiger partial charge in [0.1, 0.15) is 5.82 Å². The van der Waals surface area contributed by atoms with E-state index in [9.17, 15) is 0 Å². The summed E-state index contributed by atoms with van der Waals surface area (Å²) in [6.45, 7) is 9.48. The van der Waals surface area contributed by atoms with E-state index >= 15 is 0 Å². The molecule has 3 nitrogen and oxygen atoms in total. The summed E-state index contributed by atoms with van der Waals surface area (Å²) in [4.78, 5) is 5.32. The maximum Gasteiger partial charge on any atom is 0.101 e. The lowest BCUT2D eigenvalue weighted by atomic mass is 10.2. The maximum absolute atomic E-state index is 3.72.